The van der Waals surface area contributed by atoms with Gasteiger partial charge in [0.1, 0.15) is 29.0 Å². The number of anilines is 1. The molecule has 1 aliphatic carbocycles. The van der Waals surface area contributed by atoms with Crippen molar-refractivity contribution in [1.29, 1.82) is 10.5 Å². The summed E-state index contributed by atoms with van der Waals surface area (Å²) in [7, 11) is 0. The van der Waals surface area contributed by atoms with Crippen LogP contribution in [0.15, 0.2) is 54.1 Å². The van der Waals surface area contributed by atoms with Gasteiger partial charge in [0, 0.05) is 16.0 Å². The number of hydrogen-bond donors (Lipinski definition) is 1. The Bertz CT molecular complexity index is 1440. The summed E-state index contributed by atoms with van der Waals surface area (Å²) in [6, 6.07) is 18.3. The smallest absolute Gasteiger partial charge is 0.341 e. The molecule has 4 rings (SSSR count). The van der Waals surface area contributed by atoms with Gasteiger partial charge in [0.15, 0.2) is 0 Å². The van der Waals surface area contributed by atoms with Crippen molar-refractivity contribution in [3.8, 4) is 17.9 Å². The van der Waals surface area contributed by atoms with Gasteiger partial charge in [-0.15, -0.1) is 11.3 Å². The van der Waals surface area contributed by atoms with E-state index in [4.69, 9.17) is 9.47 Å². The van der Waals surface area contributed by atoms with Crippen molar-refractivity contribution >= 4 is 34.3 Å². The van der Waals surface area contributed by atoms with Crippen LogP contribution in [-0.4, -0.2) is 18.5 Å². The quantitative estimate of drug-likeness (QED) is 0.232. The first kappa shape index (κ1) is 25.7. The molecule has 0 atom stereocenters. The number of thiophene rings is 1. The second-order valence-electron chi connectivity index (χ2n) is 8.35. The van der Waals surface area contributed by atoms with Crippen LogP contribution in [0.25, 0.3) is 6.08 Å². The molecule has 0 fully saturated rings. The monoisotopic (exact) mass is 511 g/mol. The summed E-state index contributed by atoms with van der Waals surface area (Å²) in [6.07, 6.45) is 5.07. The number of carbonyl (C=O) groups excluding carboxylic acids is 2. The third-order valence-corrected chi connectivity index (χ3v) is 7.19. The van der Waals surface area contributed by atoms with Crippen molar-refractivity contribution in [3.05, 3.63) is 86.8 Å². The third kappa shape index (κ3) is 5.88. The molecule has 0 radical (unpaired) electrons. The Morgan fingerprint density at radius 2 is 1.84 bits per heavy atom. The van der Waals surface area contributed by atoms with E-state index < -0.39 is 11.9 Å². The lowest BCUT2D eigenvalue weighted by molar-refractivity contribution is -0.112. The van der Waals surface area contributed by atoms with Crippen molar-refractivity contribution in [2.24, 2.45) is 0 Å². The molecule has 0 saturated heterocycles. The van der Waals surface area contributed by atoms with E-state index in [-0.39, 0.29) is 18.8 Å². The molecule has 186 valence electrons. The normalized spacial score (nSPS) is 12.6. The summed E-state index contributed by atoms with van der Waals surface area (Å²) >= 11 is 1.37. The number of amides is 1. The highest BCUT2D eigenvalue weighted by atomic mass is 32.1. The number of hydrogen-bond acceptors (Lipinski definition) is 7. The van der Waals surface area contributed by atoms with Crippen LogP contribution in [-0.2, 0) is 29.0 Å². The number of ether oxygens (including phenoxy) is 2. The zero-order valence-electron chi connectivity index (χ0n) is 20.4. The summed E-state index contributed by atoms with van der Waals surface area (Å²) in [5.41, 5.74) is 2.99. The lowest BCUT2D eigenvalue weighted by Crippen LogP contribution is -2.16. The highest BCUT2D eigenvalue weighted by molar-refractivity contribution is 7.17. The molecular formula is C29H25N3O4S. The Labute approximate surface area is 219 Å². The maximum absolute atomic E-state index is 13.1. The molecule has 0 spiro atoms. The van der Waals surface area contributed by atoms with E-state index in [1.807, 2.05) is 18.2 Å². The Morgan fingerprint density at radius 1 is 1.08 bits per heavy atom. The van der Waals surface area contributed by atoms with Crippen LogP contribution in [0.4, 0.5) is 5.00 Å². The van der Waals surface area contributed by atoms with Crippen LogP contribution in [0.1, 0.15) is 57.3 Å². The van der Waals surface area contributed by atoms with Crippen LogP contribution >= 0.6 is 11.3 Å². The lowest BCUT2D eigenvalue weighted by Gasteiger charge is -2.12. The number of para-hydroxylation sites is 1. The number of carbonyl (C=O) groups is 2. The summed E-state index contributed by atoms with van der Waals surface area (Å²) in [5, 5.41) is 22.3. The van der Waals surface area contributed by atoms with Crippen LogP contribution in [0, 0.1) is 22.7 Å². The summed E-state index contributed by atoms with van der Waals surface area (Å²) < 4.78 is 11.2. The number of nitriles is 2. The molecule has 1 aliphatic rings. The van der Waals surface area contributed by atoms with Crippen molar-refractivity contribution in [1.82, 2.24) is 0 Å². The third-order valence-electron chi connectivity index (χ3n) is 5.98. The van der Waals surface area contributed by atoms with E-state index in [1.54, 1.807) is 43.3 Å². The summed E-state index contributed by atoms with van der Waals surface area (Å²) in [4.78, 5) is 26.9. The number of nitrogens with zero attached hydrogens (tertiary/aromatic N) is 2. The average molecular weight is 512 g/mol. The first-order chi connectivity index (χ1) is 18.0. The first-order valence-corrected chi connectivity index (χ1v) is 12.8. The van der Waals surface area contributed by atoms with Gasteiger partial charge in [-0.05, 0) is 56.4 Å². The molecule has 1 heterocycles. The van der Waals surface area contributed by atoms with Crippen molar-refractivity contribution in [2.75, 3.05) is 11.9 Å². The number of benzene rings is 2. The Balaban J connectivity index is 1.58. The maximum atomic E-state index is 13.1. The molecule has 2 aromatic carbocycles. The minimum atomic E-state index is -0.615. The van der Waals surface area contributed by atoms with E-state index in [0.717, 1.165) is 41.7 Å². The molecule has 0 aliphatic heterocycles. The second kappa shape index (κ2) is 12.0. The topological polar surface area (TPSA) is 112 Å². The summed E-state index contributed by atoms with van der Waals surface area (Å²) in [5.74, 6) is -0.609. The van der Waals surface area contributed by atoms with Gasteiger partial charge in [-0.2, -0.15) is 10.5 Å². The fourth-order valence-electron chi connectivity index (χ4n) is 4.19. The molecule has 0 bridgehead atoms. The van der Waals surface area contributed by atoms with E-state index in [2.05, 4.69) is 11.4 Å². The Morgan fingerprint density at radius 3 is 2.62 bits per heavy atom. The molecule has 0 saturated carbocycles. The number of esters is 1. The number of rotatable bonds is 8. The van der Waals surface area contributed by atoms with Gasteiger partial charge in [0.05, 0.1) is 23.8 Å². The zero-order chi connectivity index (χ0) is 26.2. The van der Waals surface area contributed by atoms with Gasteiger partial charge in [-0.1, -0.05) is 36.4 Å². The lowest BCUT2D eigenvalue weighted by atomic mass is 9.95. The van der Waals surface area contributed by atoms with Crippen LogP contribution in [0.2, 0.25) is 0 Å². The van der Waals surface area contributed by atoms with Crippen LogP contribution in [0.3, 0.4) is 0 Å². The zero-order valence-corrected chi connectivity index (χ0v) is 21.2. The van der Waals surface area contributed by atoms with Gasteiger partial charge in [-0.3, -0.25) is 4.79 Å². The van der Waals surface area contributed by atoms with E-state index in [9.17, 15) is 20.1 Å². The molecule has 7 nitrogen and oxygen atoms in total. The molecule has 37 heavy (non-hydrogen) atoms. The molecule has 1 aromatic heterocycles. The largest absolute Gasteiger partial charge is 0.488 e. The highest BCUT2D eigenvalue weighted by Gasteiger charge is 2.28. The minimum absolute atomic E-state index is 0.130. The molecule has 0 unspecified atom stereocenters. The van der Waals surface area contributed by atoms with Gasteiger partial charge < -0.3 is 14.8 Å². The van der Waals surface area contributed by atoms with Gasteiger partial charge >= 0.3 is 5.97 Å². The van der Waals surface area contributed by atoms with Crippen LogP contribution < -0.4 is 10.1 Å². The van der Waals surface area contributed by atoms with Crippen molar-refractivity contribution < 1.29 is 19.1 Å². The van der Waals surface area contributed by atoms with Crippen LogP contribution in [0.5, 0.6) is 5.75 Å². The van der Waals surface area contributed by atoms with E-state index in [1.165, 1.54) is 17.4 Å². The summed E-state index contributed by atoms with van der Waals surface area (Å²) in [6.45, 7) is 2.13. The van der Waals surface area contributed by atoms with E-state index >= 15 is 0 Å². The van der Waals surface area contributed by atoms with Gasteiger partial charge in [0.2, 0.25) is 0 Å². The average Bonchev–Trinajstić information content (AvgIpc) is 3.29. The van der Waals surface area contributed by atoms with Gasteiger partial charge in [0.25, 0.3) is 5.91 Å². The molecule has 1 N–H and O–H groups in total. The number of nitrogens with one attached hydrogen (secondary N) is 1. The first-order valence-electron chi connectivity index (χ1n) is 12.0. The van der Waals surface area contributed by atoms with E-state index in [0.29, 0.717) is 27.4 Å². The molecule has 8 heteroatoms. The maximum Gasteiger partial charge on any atom is 0.341 e. The van der Waals surface area contributed by atoms with Gasteiger partial charge in [-0.25, -0.2) is 4.79 Å². The molecule has 1 amide bonds. The predicted molar refractivity (Wildman–Crippen MR) is 141 cm³/mol. The second-order valence-corrected chi connectivity index (χ2v) is 9.46. The fraction of sp³-hybridized carbons (Fsp3) is 0.241. The molecular weight excluding hydrogens is 486 g/mol. The Hall–Kier alpha value is -4.40. The van der Waals surface area contributed by atoms with Crippen molar-refractivity contribution in [2.45, 2.75) is 39.2 Å². The number of aryl methyl sites for hydroxylation is 1. The minimum Gasteiger partial charge on any atom is -0.488 e. The standard InChI is InChI=1S/C29H25N3O4S/c1-2-35-29(34)26-23-12-6-8-14-25(23)37-28(26)32-27(33)22(17-31)15-19-9-5-7-13-24(19)36-18-21-11-4-3-10-20(21)16-30/h3-5,7,9-11,13,15H,2,6,8,12,14,18H2,1H3,(H,32,33). The predicted octanol–water partition coefficient (Wildman–Crippen LogP) is 5.80. The Kier molecular flexibility index (Phi) is 8.35. The number of fused-ring (bicyclic) bond motifs is 1. The molecule has 3 aromatic rings. The SMILES string of the molecule is CCOC(=O)c1c(NC(=O)C(C#N)=Cc2ccccc2OCc2ccccc2C#N)sc2c1CCCC2. The fourth-order valence-corrected chi connectivity index (χ4v) is 5.46. The van der Waals surface area contributed by atoms with Crippen molar-refractivity contribution in [3.63, 3.8) is 0 Å². The highest BCUT2D eigenvalue weighted by Crippen LogP contribution is 2.39.